The molecule has 0 bridgehead atoms. The zero-order valence-corrected chi connectivity index (χ0v) is 12.9. The number of nitrogens with zero attached hydrogens (tertiary/aromatic N) is 1. The van der Waals surface area contributed by atoms with Gasteiger partial charge in [0.05, 0.1) is 5.56 Å². The summed E-state index contributed by atoms with van der Waals surface area (Å²) < 4.78 is 5.12. The van der Waals surface area contributed by atoms with Gasteiger partial charge >= 0.3 is 5.97 Å². The Kier molecular flexibility index (Phi) is 5.12. The zero-order chi connectivity index (χ0) is 16.1. The Labute approximate surface area is 133 Å². The Hall–Kier alpha value is -2.40. The van der Waals surface area contributed by atoms with Crippen molar-refractivity contribution < 1.29 is 14.3 Å². The number of amides is 1. The van der Waals surface area contributed by atoms with Crippen molar-refractivity contribution in [1.82, 2.24) is 4.98 Å². The van der Waals surface area contributed by atoms with E-state index in [4.69, 9.17) is 16.3 Å². The van der Waals surface area contributed by atoms with Crippen molar-refractivity contribution in [2.24, 2.45) is 0 Å². The number of halogens is 1. The van der Waals surface area contributed by atoms with E-state index >= 15 is 0 Å². The summed E-state index contributed by atoms with van der Waals surface area (Å²) >= 11 is 6.00. The van der Waals surface area contributed by atoms with Crippen LogP contribution in [0.15, 0.2) is 42.7 Å². The van der Waals surface area contributed by atoms with Crippen LogP contribution in [0.5, 0.6) is 0 Å². The molecule has 0 saturated carbocycles. The predicted molar refractivity (Wildman–Crippen MR) is 83.9 cm³/mol. The van der Waals surface area contributed by atoms with Crippen LogP contribution in [0.1, 0.15) is 22.8 Å². The first-order chi connectivity index (χ1) is 10.5. The number of carbonyl (C=O) groups excluding carboxylic acids is 2. The Morgan fingerprint density at radius 2 is 2.05 bits per heavy atom. The minimum atomic E-state index is -0.939. The van der Waals surface area contributed by atoms with Crippen molar-refractivity contribution >= 4 is 29.2 Å². The third-order valence-electron chi connectivity index (χ3n) is 3.08. The van der Waals surface area contributed by atoms with Gasteiger partial charge in [0.15, 0.2) is 6.10 Å². The summed E-state index contributed by atoms with van der Waals surface area (Å²) in [4.78, 5) is 27.8. The number of hydrogen-bond donors (Lipinski definition) is 1. The Bertz CT molecular complexity index is 689. The fourth-order valence-corrected chi connectivity index (χ4v) is 1.92. The van der Waals surface area contributed by atoms with Crippen molar-refractivity contribution in [2.75, 3.05) is 5.32 Å². The van der Waals surface area contributed by atoms with Crippen LogP contribution < -0.4 is 5.32 Å². The van der Waals surface area contributed by atoms with Gasteiger partial charge in [0.2, 0.25) is 0 Å². The lowest BCUT2D eigenvalue weighted by Gasteiger charge is -2.15. The van der Waals surface area contributed by atoms with Crippen molar-refractivity contribution in [3.05, 3.63) is 58.9 Å². The van der Waals surface area contributed by atoms with E-state index < -0.39 is 18.0 Å². The monoisotopic (exact) mass is 318 g/mol. The highest BCUT2D eigenvalue weighted by atomic mass is 35.5. The Morgan fingerprint density at radius 3 is 2.73 bits per heavy atom. The van der Waals surface area contributed by atoms with Crippen molar-refractivity contribution in [1.29, 1.82) is 0 Å². The first-order valence-electron chi connectivity index (χ1n) is 6.66. The summed E-state index contributed by atoms with van der Waals surface area (Å²) in [7, 11) is 0. The molecule has 114 valence electrons. The minimum Gasteiger partial charge on any atom is -0.449 e. The van der Waals surface area contributed by atoms with Gasteiger partial charge in [0.1, 0.15) is 0 Å². The highest BCUT2D eigenvalue weighted by Gasteiger charge is 2.19. The van der Waals surface area contributed by atoms with Crippen molar-refractivity contribution in [2.45, 2.75) is 20.0 Å². The molecule has 1 amide bonds. The zero-order valence-electron chi connectivity index (χ0n) is 12.2. The molecule has 1 N–H and O–H groups in total. The average molecular weight is 319 g/mol. The largest absolute Gasteiger partial charge is 0.449 e. The third kappa shape index (κ3) is 3.83. The molecule has 0 saturated heterocycles. The molecule has 0 radical (unpaired) electrons. The fourth-order valence-electron chi connectivity index (χ4n) is 1.74. The van der Waals surface area contributed by atoms with Crippen LogP contribution in [-0.2, 0) is 9.53 Å². The summed E-state index contributed by atoms with van der Waals surface area (Å²) in [6.07, 6.45) is 1.99. The number of carbonyl (C=O) groups is 2. The summed E-state index contributed by atoms with van der Waals surface area (Å²) in [5, 5.41) is 3.24. The number of rotatable bonds is 4. The molecule has 6 heteroatoms. The van der Waals surface area contributed by atoms with Crippen molar-refractivity contribution in [3.63, 3.8) is 0 Å². The van der Waals surface area contributed by atoms with Gasteiger partial charge in [0, 0.05) is 23.1 Å². The Morgan fingerprint density at radius 1 is 1.27 bits per heavy atom. The minimum absolute atomic E-state index is 0.293. The second kappa shape index (κ2) is 7.04. The number of benzene rings is 1. The smallest absolute Gasteiger partial charge is 0.340 e. The number of aromatic nitrogens is 1. The van der Waals surface area contributed by atoms with Gasteiger partial charge in [0.25, 0.3) is 5.91 Å². The fraction of sp³-hybridized carbons (Fsp3) is 0.188. The van der Waals surface area contributed by atoms with Crippen LogP contribution in [0.2, 0.25) is 5.02 Å². The van der Waals surface area contributed by atoms with E-state index in [0.29, 0.717) is 16.3 Å². The summed E-state index contributed by atoms with van der Waals surface area (Å²) in [6.45, 7) is 3.30. The van der Waals surface area contributed by atoms with E-state index in [-0.39, 0.29) is 0 Å². The molecule has 22 heavy (non-hydrogen) atoms. The third-order valence-corrected chi connectivity index (χ3v) is 3.49. The van der Waals surface area contributed by atoms with Crippen LogP contribution in [0.4, 0.5) is 5.69 Å². The van der Waals surface area contributed by atoms with Gasteiger partial charge < -0.3 is 10.1 Å². The number of pyridine rings is 1. The molecule has 1 heterocycles. The standard InChI is InChI=1S/C16H15ClN2O3/c1-10-13(17)6-3-7-14(10)19-15(20)11(2)22-16(21)12-5-4-8-18-9-12/h3-9,11H,1-2H3,(H,19,20). The van der Waals surface area contributed by atoms with Gasteiger partial charge in [-0.15, -0.1) is 0 Å². The lowest BCUT2D eigenvalue weighted by Crippen LogP contribution is -2.30. The molecule has 0 spiro atoms. The molecule has 1 unspecified atom stereocenters. The highest BCUT2D eigenvalue weighted by Crippen LogP contribution is 2.23. The second-order valence-corrected chi connectivity index (χ2v) is 5.10. The summed E-state index contributed by atoms with van der Waals surface area (Å²) in [6, 6.07) is 8.39. The molecule has 0 aliphatic heterocycles. The number of esters is 1. The van der Waals surface area contributed by atoms with Gasteiger partial charge in [-0.1, -0.05) is 17.7 Å². The quantitative estimate of drug-likeness (QED) is 0.879. The van der Waals surface area contributed by atoms with Gasteiger partial charge in [-0.25, -0.2) is 4.79 Å². The molecule has 1 aromatic carbocycles. The van der Waals surface area contributed by atoms with E-state index in [0.717, 1.165) is 5.56 Å². The van der Waals surface area contributed by atoms with Gasteiger partial charge in [-0.2, -0.15) is 0 Å². The lowest BCUT2D eigenvalue weighted by molar-refractivity contribution is -0.123. The van der Waals surface area contributed by atoms with Crippen LogP contribution >= 0.6 is 11.6 Å². The molecule has 1 atom stereocenters. The van der Waals surface area contributed by atoms with E-state index in [1.807, 2.05) is 0 Å². The average Bonchev–Trinajstić information content (AvgIpc) is 2.52. The first kappa shape index (κ1) is 16.0. The van der Waals surface area contributed by atoms with E-state index in [2.05, 4.69) is 10.3 Å². The molecule has 2 aromatic rings. The number of anilines is 1. The first-order valence-corrected chi connectivity index (χ1v) is 7.04. The van der Waals surface area contributed by atoms with Crippen molar-refractivity contribution in [3.8, 4) is 0 Å². The molecular weight excluding hydrogens is 304 g/mol. The lowest BCUT2D eigenvalue weighted by atomic mass is 10.2. The number of nitrogens with one attached hydrogen (secondary N) is 1. The SMILES string of the molecule is Cc1c(Cl)cccc1NC(=O)C(C)OC(=O)c1cccnc1. The predicted octanol–water partition coefficient (Wildman–Crippen LogP) is 3.23. The van der Waals surface area contributed by atoms with E-state index in [1.54, 1.807) is 43.5 Å². The van der Waals surface area contributed by atoms with Gasteiger partial charge in [-0.05, 0) is 43.7 Å². The van der Waals surface area contributed by atoms with E-state index in [1.165, 1.54) is 13.1 Å². The van der Waals surface area contributed by atoms with Crippen LogP contribution in [0.3, 0.4) is 0 Å². The van der Waals surface area contributed by atoms with Gasteiger partial charge in [-0.3, -0.25) is 9.78 Å². The topological polar surface area (TPSA) is 68.3 Å². The maximum atomic E-state index is 12.1. The summed E-state index contributed by atoms with van der Waals surface area (Å²) in [5.74, 6) is -1.03. The highest BCUT2D eigenvalue weighted by molar-refractivity contribution is 6.31. The number of hydrogen-bond acceptors (Lipinski definition) is 4. The summed E-state index contributed by atoms with van der Waals surface area (Å²) in [5.41, 5.74) is 1.63. The maximum Gasteiger partial charge on any atom is 0.340 e. The Balaban J connectivity index is 2.01. The van der Waals surface area contributed by atoms with Crippen LogP contribution in [0, 0.1) is 6.92 Å². The molecule has 2 rings (SSSR count). The van der Waals surface area contributed by atoms with Crippen LogP contribution in [0.25, 0.3) is 0 Å². The molecule has 0 aliphatic rings. The number of ether oxygens (including phenoxy) is 1. The normalized spacial score (nSPS) is 11.6. The van der Waals surface area contributed by atoms with Crippen LogP contribution in [-0.4, -0.2) is 23.0 Å². The molecule has 1 aromatic heterocycles. The molecule has 0 aliphatic carbocycles. The molecule has 0 fully saturated rings. The second-order valence-electron chi connectivity index (χ2n) is 4.69. The molecule has 5 nitrogen and oxygen atoms in total. The maximum absolute atomic E-state index is 12.1. The van der Waals surface area contributed by atoms with E-state index in [9.17, 15) is 9.59 Å². The molecular formula is C16H15ClN2O3.